The zero-order chi connectivity index (χ0) is 19.7. The Morgan fingerprint density at radius 2 is 2.07 bits per heavy atom. The summed E-state index contributed by atoms with van der Waals surface area (Å²) >= 11 is 6.36. The molecule has 1 N–H and O–H groups in total. The Morgan fingerprint density at radius 3 is 2.70 bits per heavy atom. The summed E-state index contributed by atoms with van der Waals surface area (Å²) in [5, 5.41) is 10.4. The molecule has 8 heteroatoms. The van der Waals surface area contributed by atoms with Crippen molar-refractivity contribution in [1.82, 2.24) is 9.88 Å². The lowest BCUT2D eigenvalue weighted by atomic mass is 10.0. The molecule has 1 aromatic carbocycles. The molecule has 0 spiro atoms. The number of methoxy groups -OCH3 is 1. The molecule has 1 aromatic heterocycles. The summed E-state index contributed by atoms with van der Waals surface area (Å²) in [5.41, 5.74) is 1.37. The number of benzene rings is 1. The summed E-state index contributed by atoms with van der Waals surface area (Å²) in [6.45, 7) is 3.50. The van der Waals surface area contributed by atoms with E-state index in [0.717, 1.165) is 28.4 Å². The van der Waals surface area contributed by atoms with Crippen LogP contribution in [0.4, 0.5) is 0 Å². The largest absolute Gasteiger partial charge is 0.497 e. The molecule has 6 nitrogen and oxygen atoms in total. The molecule has 2 aromatic rings. The van der Waals surface area contributed by atoms with Crippen LogP contribution >= 0.6 is 24.0 Å². The van der Waals surface area contributed by atoms with Crippen molar-refractivity contribution in [2.75, 3.05) is 7.11 Å². The van der Waals surface area contributed by atoms with E-state index < -0.39 is 17.9 Å². The van der Waals surface area contributed by atoms with Gasteiger partial charge in [-0.05, 0) is 36.3 Å². The summed E-state index contributed by atoms with van der Waals surface area (Å²) < 4.78 is 5.45. The maximum Gasteiger partial charge on any atom is 0.327 e. The first-order chi connectivity index (χ1) is 12.8. The molecule has 0 aliphatic carbocycles. The monoisotopic (exact) mass is 402 g/mol. The third-order valence-electron chi connectivity index (χ3n) is 4.18. The van der Waals surface area contributed by atoms with Gasteiger partial charge < -0.3 is 9.84 Å². The minimum Gasteiger partial charge on any atom is -0.497 e. The van der Waals surface area contributed by atoms with Gasteiger partial charge >= 0.3 is 5.97 Å². The second-order valence-electron chi connectivity index (χ2n) is 6.37. The molecule has 0 unspecified atom stereocenters. The highest BCUT2D eigenvalue weighted by Crippen LogP contribution is 2.35. The molecule has 2 heterocycles. The summed E-state index contributed by atoms with van der Waals surface area (Å²) in [7, 11) is 1.60. The van der Waals surface area contributed by atoms with Crippen LogP contribution < -0.4 is 4.74 Å². The van der Waals surface area contributed by atoms with Crippen LogP contribution in [0.1, 0.15) is 19.5 Å². The molecule has 1 saturated heterocycles. The Hall–Kier alpha value is -2.45. The van der Waals surface area contributed by atoms with Gasteiger partial charge in [-0.15, -0.1) is 0 Å². The fraction of sp³-hybridized carbons (Fsp3) is 0.263. The van der Waals surface area contributed by atoms with Gasteiger partial charge in [0.2, 0.25) is 0 Å². The predicted octanol–water partition coefficient (Wildman–Crippen LogP) is 3.55. The van der Waals surface area contributed by atoms with Gasteiger partial charge in [-0.3, -0.25) is 9.69 Å². The number of nitrogens with zero attached hydrogens (tertiary/aromatic N) is 2. The molecule has 1 amide bonds. The molecular formula is C19H18N2O4S2. The first kappa shape index (κ1) is 19.3. The molecule has 0 radical (unpaired) electrons. The van der Waals surface area contributed by atoms with Crippen molar-refractivity contribution in [3.8, 4) is 5.75 Å². The zero-order valence-electron chi connectivity index (χ0n) is 15.0. The van der Waals surface area contributed by atoms with Crippen molar-refractivity contribution in [2.24, 2.45) is 5.92 Å². The lowest BCUT2D eigenvalue weighted by Crippen LogP contribution is -2.47. The van der Waals surface area contributed by atoms with E-state index in [1.807, 2.05) is 24.3 Å². The Labute approximate surface area is 166 Å². The fourth-order valence-electron chi connectivity index (χ4n) is 2.87. The van der Waals surface area contributed by atoms with E-state index in [0.29, 0.717) is 10.6 Å². The second-order valence-corrected chi connectivity index (χ2v) is 8.05. The highest BCUT2D eigenvalue weighted by Gasteiger charge is 2.41. The average Bonchev–Trinajstić information content (AvgIpc) is 2.88. The van der Waals surface area contributed by atoms with Gasteiger partial charge in [0.1, 0.15) is 16.1 Å². The van der Waals surface area contributed by atoms with Gasteiger partial charge in [0.25, 0.3) is 5.91 Å². The summed E-state index contributed by atoms with van der Waals surface area (Å²) in [5.74, 6) is -0.993. The van der Waals surface area contributed by atoms with Gasteiger partial charge in [-0.25, -0.2) is 9.78 Å². The van der Waals surface area contributed by atoms with Gasteiger partial charge in [-0.2, -0.15) is 0 Å². The number of hydrogen-bond donors (Lipinski definition) is 1. The number of thioether (sulfide) groups is 1. The molecule has 0 bridgehead atoms. The number of rotatable bonds is 5. The molecule has 3 rings (SSSR count). The maximum atomic E-state index is 12.8. The Kier molecular flexibility index (Phi) is 5.48. The summed E-state index contributed by atoms with van der Waals surface area (Å²) in [6, 6.07) is 8.25. The number of thiocarbonyl (C=S) groups is 1. The molecule has 140 valence electrons. The van der Waals surface area contributed by atoms with Crippen LogP contribution in [-0.4, -0.2) is 44.3 Å². The summed E-state index contributed by atoms with van der Waals surface area (Å²) in [6.07, 6.45) is 1.64. The van der Waals surface area contributed by atoms with Crippen molar-refractivity contribution in [1.29, 1.82) is 0 Å². The van der Waals surface area contributed by atoms with E-state index >= 15 is 0 Å². The van der Waals surface area contributed by atoms with Gasteiger partial charge in [-0.1, -0.05) is 43.9 Å². The van der Waals surface area contributed by atoms with E-state index in [2.05, 4.69) is 4.98 Å². The number of fused-ring (bicyclic) bond motifs is 1. The zero-order valence-corrected chi connectivity index (χ0v) is 16.6. The molecule has 0 saturated carbocycles. The quantitative estimate of drug-likeness (QED) is 0.605. The van der Waals surface area contributed by atoms with E-state index in [1.165, 1.54) is 4.90 Å². The number of amides is 1. The first-order valence-corrected chi connectivity index (χ1v) is 9.49. The maximum absolute atomic E-state index is 12.8. The minimum absolute atomic E-state index is 0.248. The predicted molar refractivity (Wildman–Crippen MR) is 110 cm³/mol. The van der Waals surface area contributed by atoms with Crippen molar-refractivity contribution >= 4 is 57.2 Å². The number of hydrogen-bond acceptors (Lipinski definition) is 6. The van der Waals surface area contributed by atoms with E-state index in [9.17, 15) is 14.7 Å². The highest BCUT2D eigenvalue weighted by atomic mass is 32.2. The van der Waals surface area contributed by atoms with Crippen LogP contribution in [0.3, 0.4) is 0 Å². The number of carbonyl (C=O) groups excluding carboxylic acids is 1. The van der Waals surface area contributed by atoms with E-state index in [1.54, 1.807) is 33.1 Å². The SMILES string of the molecule is COc1ccc2nc(/C=C3\SC(=S)N([C@@H](C(=O)O)C(C)C)C3=O)ccc2c1. The fourth-order valence-corrected chi connectivity index (χ4v) is 4.19. The summed E-state index contributed by atoms with van der Waals surface area (Å²) in [4.78, 5) is 30.4. The van der Waals surface area contributed by atoms with Crippen LogP contribution in [0.25, 0.3) is 17.0 Å². The number of aromatic nitrogens is 1. The average molecular weight is 402 g/mol. The highest BCUT2D eigenvalue weighted by molar-refractivity contribution is 8.26. The van der Waals surface area contributed by atoms with Gasteiger partial charge in [0, 0.05) is 5.39 Å². The normalized spacial score (nSPS) is 17.2. The van der Waals surface area contributed by atoms with Crippen molar-refractivity contribution in [3.05, 3.63) is 40.9 Å². The van der Waals surface area contributed by atoms with Crippen LogP contribution in [0, 0.1) is 5.92 Å². The number of carboxylic acid groups (broad SMARTS) is 1. The molecule has 1 fully saturated rings. The van der Waals surface area contributed by atoms with Crippen LogP contribution in [0.15, 0.2) is 35.2 Å². The Balaban J connectivity index is 1.93. The minimum atomic E-state index is -1.07. The second kappa shape index (κ2) is 7.66. The first-order valence-electron chi connectivity index (χ1n) is 8.26. The smallest absolute Gasteiger partial charge is 0.327 e. The van der Waals surface area contributed by atoms with Crippen LogP contribution in [0.5, 0.6) is 5.75 Å². The number of aliphatic carboxylic acids is 1. The van der Waals surface area contributed by atoms with Crippen molar-refractivity contribution in [3.63, 3.8) is 0 Å². The van der Waals surface area contributed by atoms with Gasteiger partial charge in [0.05, 0.1) is 23.2 Å². The van der Waals surface area contributed by atoms with Crippen LogP contribution in [0.2, 0.25) is 0 Å². The number of ether oxygens (including phenoxy) is 1. The topological polar surface area (TPSA) is 79.7 Å². The van der Waals surface area contributed by atoms with E-state index in [-0.39, 0.29) is 10.2 Å². The number of pyridine rings is 1. The van der Waals surface area contributed by atoms with Crippen molar-refractivity contribution < 1.29 is 19.4 Å². The Bertz CT molecular complexity index is 971. The molecular weight excluding hydrogens is 384 g/mol. The molecule has 1 aliphatic heterocycles. The molecule has 1 atom stereocenters. The third kappa shape index (κ3) is 3.81. The standard InChI is InChI=1S/C19H18N2O4S2/c1-10(2)16(18(23)24)21-17(22)15(27-19(21)26)9-12-5-4-11-8-13(25-3)6-7-14(11)20-12/h4-10,16H,1-3H3,(H,23,24)/b15-9-/t16-/m1/s1. The third-order valence-corrected chi connectivity index (χ3v) is 5.51. The molecule has 27 heavy (non-hydrogen) atoms. The lowest BCUT2D eigenvalue weighted by Gasteiger charge is -2.26. The number of carbonyl (C=O) groups is 2. The van der Waals surface area contributed by atoms with Crippen molar-refractivity contribution in [2.45, 2.75) is 19.9 Å². The van der Waals surface area contributed by atoms with Crippen LogP contribution in [-0.2, 0) is 9.59 Å². The lowest BCUT2D eigenvalue weighted by molar-refractivity contribution is -0.146. The van der Waals surface area contributed by atoms with Gasteiger partial charge in [0.15, 0.2) is 0 Å². The number of carboxylic acids is 1. The molecule has 1 aliphatic rings. The Morgan fingerprint density at radius 1 is 1.33 bits per heavy atom. The van der Waals surface area contributed by atoms with E-state index in [4.69, 9.17) is 17.0 Å².